The van der Waals surface area contributed by atoms with Crippen molar-refractivity contribution in [3.8, 4) is 0 Å². The number of rotatable bonds is 5. The molecular weight excluding hydrogens is 286 g/mol. The molecule has 2 heterocycles. The summed E-state index contributed by atoms with van der Waals surface area (Å²) in [5.41, 5.74) is 1.65. The zero-order chi connectivity index (χ0) is 13.8. The average Bonchev–Trinajstić information content (AvgIpc) is 3.00. The van der Waals surface area contributed by atoms with E-state index in [0.29, 0.717) is 16.6 Å². The molecule has 1 aliphatic rings. The molecule has 106 valence electrons. The molecule has 1 aliphatic heterocycles. The molecule has 19 heavy (non-hydrogen) atoms. The number of thiophene rings is 1. The topological polar surface area (TPSA) is 47.6 Å². The van der Waals surface area contributed by atoms with Gasteiger partial charge in [0, 0.05) is 6.61 Å². The van der Waals surface area contributed by atoms with Crippen LogP contribution in [0, 0.1) is 6.92 Å². The van der Waals surface area contributed by atoms with Gasteiger partial charge in [0.05, 0.1) is 18.4 Å². The van der Waals surface area contributed by atoms with Crippen LogP contribution in [-0.2, 0) is 14.3 Å². The highest BCUT2D eigenvalue weighted by Crippen LogP contribution is 2.32. The van der Waals surface area contributed by atoms with Gasteiger partial charge in [-0.1, -0.05) is 11.6 Å². The molecule has 0 saturated carbocycles. The van der Waals surface area contributed by atoms with E-state index in [0.717, 1.165) is 25.0 Å². The summed E-state index contributed by atoms with van der Waals surface area (Å²) in [5, 5.41) is 4.72. The van der Waals surface area contributed by atoms with Crippen LogP contribution < -0.4 is 5.32 Å². The molecule has 6 heteroatoms. The quantitative estimate of drug-likeness (QED) is 0.908. The van der Waals surface area contributed by atoms with Gasteiger partial charge >= 0.3 is 0 Å². The van der Waals surface area contributed by atoms with Gasteiger partial charge in [-0.3, -0.25) is 4.79 Å². The number of hydrogen-bond donors (Lipinski definition) is 1. The number of hydrogen-bond acceptors (Lipinski definition) is 4. The van der Waals surface area contributed by atoms with Crippen molar-refractivity contribution in [2.75, 3.05) is 18.5 Å². The Balaban J connectivity index is 1.82. The lowest BCUT2D eigenvalue weighted by Crippen LogP contribution is -2.30. The van der Waals surface area contributed by atoms with E-state index in [1.807, 2.05) is 12.3 Å². The highest BCUT2D eigenvalue weighted by atomic mass is 35.5. The second-order valence-electron chi connectivity index (χ2n) is 4.67. The van der Waals surface area contributed by atoms with Crippen molar-refractivity contribution in [2.45, 2.75) is 38.9 Å². The molecule has 1 N–H and O–H groups in total. The predicted molar refractivity (Wildman–Crippen MR) is 77.1 cm³/mol. The molecule has 4 nitrogen and oxygen atoms in total. The molecule has 1 aromatic rings. The van der Waals surface area contributed by atoms with Crippen LogP contribution in [0.5, 0.6) is 0 Å². The fraction of sp³-hybridized carbons (Fsp3) is 0.615. The van der Waals surface area contributed by atoms with Crippen LogP contribution >= 0.6 is 22.9 Å². The smallest absolute Gasteiger partial charge is 0.253 e. The molecule has 1 amide bonds. The zero-order valence-electron chi connectivity index (χ0n) is 11.1. The number of carbonyl (C=O) groups is 1. The van der Waals surface area contributed by atoms with Crippen LogP contribution in [0.3, 0.4) is 0 Å². The first-order valence-electron chi connectivity index (χ1n) is 6.35. The molecule has 0 spiro atoms. The molecular formula is C13H18ClNO3S. The summed E-state index contributed by atoms with van der Waals surface area (Å²) in [6.07, 6.45) is 1.68. The number of ether oxygens (including phenoxy) is 2. The third-order valence-corrected chi connectivity index (χ3v) is 4.44. The normalized spacial score (nSPS) is 20.5. The molecule has 2 unspecified atom stereocenters. The first-order chi connectivity index (χ1) is 9.08. The van der Waals surface area contributed by atoms with Crippen molar-refractivity contribution in [2.24, 2.45) is 0 Å². The monoisotopic (exact) mass is 303 g/mol. The Hall–Kier alpha value is -0.620. The molecule has 0 aromatic carbocycles. The lowest BCUT2D eigenvalue weighted by atomic mass is 10.2. The van der Waals surface area contributed by atoms with Crippen LogP contribution in [0.15, 0.2) is 5.38 Å². The van der Waals surface area contributed by atoms with Gasteiger partial charge in [-0.25, -0.2) is 0 Å². The fourth-order valence-electron chi connectivity index (χ4n) is 1.89. The summed E-state index contributed by atoms with van der Waals surface area (Å²) in [5.74, 6) is -0.179. The van der Waals surface area contributed by atoms with Crippen LogP contribution in [-0.4, -0.2) is 31.3 Å². The predicted octanol–water partition coefficient (Wildman–Crippen LogP) is 3.23. The van der Waals surface area contributed by atoms with Crippen molar-refractivity contribution in [3.05, 3.63) is 15.3 Å². The van der Waals surface area contributed by atoms with Crippen molar-refractivity contribution in [1.82, 2.24) is 0 Å². The van der Waals surface area contributed by atoms with E-state index in [9.17, 15) is 4.79 Å². The summed E-state index contributed by atoms with van der Waals surface area (Å²) >= 11 is 7.43. The summed E-state index contributed by atoms with van der Waals surface area (Å²) in [4.78, 5) is 12.0. The summed E-state index contributed by atoms with van der Waals surface area (Å²) < 4.78 is 11.6. The Morgan fingerprint density at radius 2 is 2.53 bits per heavy atom. The Morgan fingerprint density at radius 3 is 3.11 bits per heavy atom. The second-order valence-corrected chi connectivity index (χ2v) is 6.15. The Morgan fingerprint density at radius 1 is 1.74 bits per heavy atom. The highest BCUT2D eigenvalue weighted by Gasteiger charge is 2.21. The minimum absolute atomic E-state index is 0.127. The number of nitrogens with one attached hydrogen (secondary N) is 1. The van der Waals surface area contributed by atoms with Crippen molar-refractivity contribution < 1.29 is 14.3 Å². The largest absolute Gasteiger partial charge is 0.376 e. The summed E-state index contributed by atoms with van der Waals surface area (Å²) in [6.45, 7) is 4.90. The third kappa shape index (κ3) is 3.92. The maximum Gasteiger partial charge on any atom is 0.253 e. The Kier molecular flexibility index (Phi) is 5.21. The number of amides is 1. The van der Waals surface area contributed by atoms with Crippen LogP contribution in [0.2, 0.25) is 4.34 Å². The van der Waals surface area contributed by atoms with E-state index in [-0.39, 0.29) is 12.0 Å². The minimum Gasteiger partial charge on any atom is -0.376 e. The average molecular weight is 304 g/mol. The molecule has 1 saturated heterocycles. The van der Waals surface area contributed by atoms with E-state index < -0.39 is 6.10 Å². The van der Waals surface area contributed by atoms with E-state index in [1.54, 1.807) is 6.92 Å². The fourth-order valence-corrected chi connectivity index (χ4v) is 2.95. The van der Waals surface area contributed by atoms with Gasteiger partial charge in [0.25, 0.3) is 5.91 Å². The highest BCUT2D eigenvalue weighted by molar-refractivity contribution is 7.15. The minimum atomic E-state index is -0.514. The van der Waals surface area contributed by atoms with Gasteiger partial charge in [0.1, 0.15) is 10.4 Å². The van der Waals surface area contributed by atoms with E-state index in [1.165, 1.54) is 11.3 Å². The molecule has 0 radical (unpaired) electrons. The molecule has 1 aromatic heterocycles. The number of carbonyl (C=O) groups excluding carboxylic acids is 1. The molecule has 2 atom stereocenters. The van der Waals surface area contributed by atoms with Crippen molar-refractivity contribution in [3.63, 3.8) is 0 Å². The van der Waals surface area contributed by atoms with Gasteiger partial charge in [0.15, 0.2) is 0 Å². The van der Waals surface area contributed by atoms with Crippen LogP contribution in [0.4, 0.5) is 5.69 Å². The Labute approximate surface area is 122 Å². The summed E-state index contributed by atoms with van der Waals surface area (Å²) in [7, 11) is 0. The van der Waals surface area contributed by atoms with E-state index >= 15 is 0 Å². The lowest BCUT2D eigenvalue weighted by molar-refractivity contribution is -0.128. The molecule has 0 aliphatic carbocycles. The van der Waals surface area contributed by atoms with Crippen LogP contribution in [0.1, 0.15) is 25.3 Å². The van der Waals surface area contributed by atoms with E-state index in [4.69, 9.17) is 21.1 Å². The molecule has 2 rings (SSSR count). The maximum atomic E-state index is 12.0. The standard InChI is InChI=1S/C13H18ClNO3S/c1-8-7-19-12(14)11(8)15-13(16)9(2)18-6-10-4-3-5-17-10/h7,9-10H,3-6H2,1-2H3,(H,15,16). The lowest BCUT2D eigenvalue weighted by Gasteiger charge is -2.16. The first kappa shape index (κ1) is 14.8. The first-order valence-corrected chi connectivity index (χ1v) is 7.61. The number of halogens is 1. The Bertz CT molecular complexity index is 424. The SMILES string of the molecule is Cc1csc(Cl)c1NC(=O)C(C)OCC1CCCO1. The van der Waals surface area contributed by atoms with Gasteiger partial charge < -0.3 is 14.8 Å². The van der Waals surface area contributed by atoms with Gasteiger partial charge in [-0.2, -0.15) is 0 Å². The van der Waals surface area contributed by atoms with E-state index in [2.05, 4.69) is 5.32 Å². The number of aryl methyl sites for hydroxylation is 1. The van der Waals surface area contributed by atoms with Crippen LogP contribution in [0.25, 0.3) is 0 Å². The van der Waals surface area contributed by atoms with Gasteiger partial charge in [-0.15, -0.1) is 11.3 Å². The van der Waals surface area contributed by atoms with Crippen molar-refractivity contribution >= 4 is 34.5 Å². The third-order valence-electron chi connectivity index (χ3n) is 3.10. The van der Waals surface area contributed by atoms with Crippen molar-refractivity contribution in [1.29, 1.82) is 0 Å². The summed E-state index contributed by atoms with van der Waals surface area (Å²) in [6, 6.07) is 0. The number of anilines is 1. The zero-order valence-corrected chi connectivity index (χ0v) is 12.6. The molecule has 0 bridgehead atoms. The molecule has 1 fully saturated rings. The second kappa shape index (κ2) is 6.70. The van der Waals surface area contributed by atoms with Gasteiger partial charge in [-0.05, 0) is 37.6 Å². The maximum absolute atomic E-state index is 12.0. The van der Waals surface area contributed by atoms with Gasteiger partial charge in [0.2, 0.25) is 0 Å².